The van der Waals surface area contributed by atoms with Gasteiger partial charge in [-0.1, -0.05) is 78.7 Å². The molecule has 0 amide bonds. The standard InChI is InChI=1S/C33H25N2.C11H8N.Ir/c1-21-9-12-27-28-7-6-14-35-33(28)20-30(31(27)17-21)26-16-22(2)15-25(18-26)29-19-24(11-10-23(29)3)32-8-4-5-13-34-32;1-2-6-10(7-3-1)11-8-4-5-9-12-11;/h4-10,12-20H,1-3H3;1-6,8-9H;/q2*-1;. The first-order chi connectivity index (χ1) is 23.0. The van der Waals surface area contributed by atoms with Crippen molar-refractivity contribution in [1.82, 2.24) is 15.0 Å². The third-order valence-electron chi connectivity index (χ3n) is 8.32. The van der Waals surface area contributed by atoms with E-state index in [0.29, 0.717) is 0 Å². The van der Waals surface area contributed by atoms with Crippen molar-refractivity contribution in [3.8, 4) is 44.8 Å². The summed E-state index contributed by atoms with van der Waals surface area (Å²) in [6, 6.07) is 50.5. The number of aryl methyl sites for hydroxylation is 3. The van der Waals surface area contributed by atoms with Gasteiger partial charge in [-0.15, -0.1) is 65.2 Å². The number of pyridine rings is 3. The van der Waals surface area contributed by atoms with Gasteiger partial charge in [-0.25, -0.2) is 0 Å². The van der Waals surface area contributed by atoms with Crippen LogP contribution in [-0.2, 0) is 20.1 Å². The number of hydrogen-bond acceptors (Lipinski definition) is 3. The Morgan fingerprint density at radius 2 is 1.19 bits per heavy atom. The minimum atomic E-state index is 0. The molecule has 0 aliphatic rings. The van der Waals surface area contributed by atoms with Gasteiger partial charge in [-0.05, 0) is 88.6 Å². The smallest absolute Gasteiger partial charge is 0.0714 e. The van der Waals surface area contributed by atoms with E-state index in [-0.39, 0.29) is 20.1 Å². The Kier molecular flexibility index (Phi) is 9.96. The van der Waals surface area contributed by atoms with Crippen LogP contribution in [0.15, 0.2) is 146 Å². The van der Waals surface area contributed by atoms with Gasteiger partial charge in [-0.2, -0.15) is 0 Å². The second kappa shape index (κ2) is 14.6. The fraction of sp³-hybridized carbons (Fsp3) is 0.0682. The van der Waals surface area contributed by atoms with Gasteiger partial charge in [0.2, 0.25) is 0 Å². The van der Waals surface area contributed by atoms with Gasteiger partial charge in [0.15, 0.2) is 0 Å². The molecular formula is C44H33IrN3-2. The molecule has 4 heteroatoms. The summed E-state index contributed by atoms with van der Waals surface area (Å²) in [4.78, 5) is 13.4. The quantitative estimate of drug-likeness (QED) is 0.132. The molecule has 8 rings (SSSR count). The molecule has 48 heavy (non-hydrogen) atoms. The predicted octanol–water partition coefficient (Wildman–Crippen LogP) is 11.1. The van der Waals surface area contributed by atoms with E-state index in [9.17, 15) is 0 Å². The maximum Gasteiger partial charge on any atom is 0.0714 e. The van der Waals surface area contributed by atoms with Crippen LogP contribution < -0.4 is 0 Å². The Morgan fingerprint density at radius 1 is 0.479 bits per heavy atom. The van der Waals surface area contributed by atoms with E-state index < -0.39 is 0 Å². The summed E-state index contributed by atoms with van der Waals surface area (Å²) in [5.74, 6) is 0. The molecular weight excluding hydrogens is 763 g/mol. The number of aromatic nitrogens is 3. The summed E-state index contributed by atoms with van der Waals surface area (Å²) >= 11 is 0. The first-order valence-electron chi connectivity index (χ1n) is 15.8. The van der Waals surface area contributed by atoms with Crippen LogP contribution in [0.1, 0.15) is 16.7 Å². The Balaban J connectivity index is 0.000000260. The Morgan fingerprint density at radius 3 is 1.90 bits per heavy atom. The van der Waals surface area contributed by atoms with E-state index in [0.717, 1.165) is 28.0 Å². The van der Waals surface area contributed by atoms with Crippen molar-refractivity contribution in [2.45, 2.75) is 20.8 Å². The predicted molar refractivity (Wildman–Crippen MR) is 195 cm³/mol. The van der Waals surface area contributed by atoms with E-state index in [1.807, 2.05) is 79.1 Å². The Bertz CT molecular complexity index is 2280. The van der Waals surface area contributed by atoms with Crippen LogP contribution in [0.5, 0.6) is 0 Å². The SMILES string of the molecule is Cc1cc(-c2cc(-c3ccccn3)[c-]cc2C)cc(-c2cc3ncccc3c3ccc(C)cc23)c1.[Ir].[c-]1ccccc1-c1ccccn1. The molecule has 0 aliphatic carbocycles. The Hall–Kier alpha value is -5.28. The molecule has 3 heterocycles. The van der Waals surface area contributed by atoms with Crippen molar-refractivity contribution >= 4 is 21.7 Å². The van der Waals surface area contributed by atoms with Gasteiger partial charge in [0.1, 0.15) is 0 Å². The number of fused-ring (bicyclic) bond motifs is 3. The summed E-state index contributed by atoms with van der Waals surface area (Å²) in [7, 11) is 0. The van der Waals surface area contributed by atoms with E-state index in [1.165, 1.54) is 55.1 Å². The van der Waals surface area contributed by atoms with E-state index in [4.69, 9.17) is 4.98 Å². The zero-order chi connectivity index (χ0) is 32.2. The minimum absolute atomic E-state index is 0. The molecule has 3 aromatic heterocycles. The Labute approximate surface area is 295 Å². The maximum atomic E-state index is 4.69. The van der Waals surface area contributed by atoms with Crippen LogP contribution in [0.25, 0.3) is 66.4 Å². The van der Waals surface area contributed by atoms with Crippen LogP contribution in [0.3, 0.4) is 0 Å². The maximum absolute atomic E-state index is 4.69. The molecule has 0 saturated heterocycles. The average Bonchev–Trinajstić information content (AvgIpc) is 3.12. The van der Waals surface area contributed by atoms with Gasteiger partial charge in [0, 0.05) is 44.1 Å². The molecule has 0 bridgehead atoms. The molecule has 0 unspecified atom stereocenters. The molecule has 0 fully saturated rings. The molecule has 0 spiro atoms. The van der Waals surface area contributed by atoms with Crippen molar-refractivity contribution in [3.05, 3.63) is 175 Å². The van der Waals surface area contributed by atoms with Gasteiger partial charge in [0.05, 0.1) is 5.52 Å². The van der Waals surface area contributed by atoms with Crippen molar-refractivity contribution < 1.29 is 20.1 Å². The summed E-state index contributed by atoms with van der Waals surface area (Å²) in [6.07, 6.45) is 5.49. The van der Waals surface area contributed by atoms with Crippen molar-refractivity contribution in [2.75, 3.05) is 0 Å². The first kappa shape index (κ1) is 32.7. The van der Waals surface area contributed by atoms with Crippen LogP contribution in [0, 0.1) is 32.9 Å². The van der Waals surface area contributed by atoms with Gasteiger partial charge < -0.3 is 9.97 Å². The third kappa shape index (κ3) is 7.01. The van der Waals surface area contributed by atoms with Crippen molar-refractivity contribution in [1.29, 1.82) is 0 Å². The molecule has 0 saturated carbocycles. The summed E-state index contributed by atoms with van der Waals surface area (Å²) < 4.78 is 0. The molecule has 5 aromatic carbocycles. The fourth-order valence-corrected chi connectivity index (χ4v) is 6.04. The zero-order valence-electron chi connectivity index (χ0n) is 27.0. The van der Waals surface area contributed by atoms with Crippen molar-refractivity contribution in [3.63, 3.8) is 0 Å². The number of benzene rings is 5. The molecule has 0 N–H and O–H groups in total. The largest absolute Gasteiger partial charge is 0.305 e. The zero-order valence-corrected chi connectivity index (χ0v) is 29.4. The van der Waals surface area contributed by atoms with E-state index in [1.54, 1.807) is 6.20 Å². The second-order valence-corrected chi connectivity index (χ2v) is 11.8. The number of hydrogen-bond donors (Lipinski definition) is 0. The second-order valence-electron chi connectivity index (χ2n) is 11.8. The normalized spacial score (nSPS) is 10.6. The van der Waals surface area contributed by atoms with Gasteiger partial charge in [-0.3, -0.25) is 4.98 Å². The van der Waals surface area contributed by atoms with Crippen LogP contribution in [0.2, 0.25) is 0 Å². The molecule has 3 nitrogen and oxygen atoms in total. The first-order valence-corrected chi connectivity index (χ1v) is 15.8. The summed E-state index contributed by atoms with van der Waals surface area (Å²) in [5.41, 5.74) is 13.5. The van der Waals surface area contributed by atoms with Gasteiger partial charge >= 0.3 is 0 Å². The average molecular weight is 796 g/mol. The summed E-state index contributed by atoms with van der Waals surface area (Å²) in [6.45, 7) is 6.47. The van der Waals surface area contributed by atoms with E-state index in [2.05, 4.69) is 104 Å². The molecule has 0 aliphatic heterocycles. The number of nitrogens with zero attached hydrogens (tertiary/aromatic N) is 3. The monoisotopic (exact) mass is 796 g/mol. The molecule has 235 valence electrons. The topological polar surface area (TPSA) is 38.7 Å². The van der Waals surface area contributed by atoms with Gasteiger partial charge in [0.25, 0.3) is 0 Å². The van der Waals surface area contributed by atoms with Crippen LogP contribution in [-0.4, -0.2) is 15.0 Å². The third-order valence-corrected chi connectivity index (χ3v) is 8.32. The van der Waals surface area contributed by atoms with Crippen LogP contribution >= 0.6 is 0 Å². The summed E-state index contributed by atoms with van der Waals surface area (Å²) in [5, 5.41) is 3.69. The van der Waals surface area contributed by atoms with E-state index >= 15 is 0 Å². The molecule has 0 atom stereocenters. The molecule has 1 radical (unpaired) electrons. The number of rotatable bonds is 4. The van der Waals surface area contributed by atoms with Crippen molar-refractivity contribution in [2.24, 2.45) is 0 Å². The van der Waals surface area contributed by atoms with Crippen LogP contribution in [0.4, 0.5) is 0 Å². The minimum Gasteiger partial charge on any atom is -0.305 e. The fourth-order valence-electron chi connectivity index (χ4n) is 6.04. The molecule has 8 aromatic rings.